The summed E-state index contributed by atoms with van der Waals surface area (Å²) in [4.78, 5) is 54.1. The molecule has 4 N–H and O–H groups in total. The Morgan fingerprint density at radius 1 is 1.08 bits per heavy atom. The lowest BCUT2D eigenvalue weighted by Crippen LogP contribution is -2.20. The van der Waals surface area contributed by atoms with E-state index in [1.807, 2.05) is 0 Å². The molecule has 188 valence electrons. The number of rotatable bonds is 7. The van der Waals surface area contributed by atoms with Crippen LogP contribution in [0.2, 0.25) is 0 Å². The number of nitrogens with zero attached hydrogens (tertiary/aromatic N) is 8. The molecule has 0 aliphatic heterocycles. The third-order valence-corrected chi connectivity index (χ3v) is 5.01. The predicted octanol–water partition coefficient (Wildman–Crippen LogP) is 2.24. The molecular weight excluding hydrogens is 504 g/mol. The Hall–Kier alpha value is -6.34. The number of carbonyl (C=O) groups is 3. The standard InChI is InChI=1S/C22H12N8O8/c1-9-16(25-2)18(33)30(12-4-10(20(35)36)3-11(5-12)21(37)38)19(34)17(9)27-28-22-26-13(6-23)14(7-24)29(22)8-15(31)32/h3-5,34H,8H2,1H3,(H,31,32)(H,35,36)(H,37,38). The molecular formula is C22H12N8O8. The predicted molar refractivity (Wildman–Crippen MR) is 122 cm³/mol. The molecule has 2 aromatic heterocycles. The molecule has 38 heavy (non-hydrogen) atoms. The Kier molecular flexibility index (Phi) is 6.99. The average Bonchev–Trinajstić information content (AvgIpc) is 3.19. The molecule has 3 rings (SSSR count). The summed E-state index contributed by atoms with van der Waals surface area (Å²) in [5.41, 5.74) is -4.80. The van der Waals surface area contributed by atoms with Crippen molar-refractivity contribution in [2.24, 2.45) is 10.2 Å². The molecule has 0 atom stereocenters. The second-order valence-electron chi connectivity index (χ2n) is 7.29. The highest BCUT2D eigenvalue weighted by molar-refractivity contribution is 5.95. The molecule has 3 aromatic rings. The van der Waals surface area contributed by atoms with Gasteiger partial charge in [-0.3, -0.25) is 18.7 Å². The molecule has 2 heterocycles. The number of benzene rings is 1. The van der Waals surface area contributed by atoms with Gasteiger partial charge in [0.15, 0.2) is 11.4 Å². The molecule has 0 unspecified atom stereocenters. The van der Waals surface area contributed by atoms with Crippen LogP contribution in [0.4, 0.5) is 17.3 Å². The van der Waals surface area contributed by atoms with E-state index in [0.717, 1.165) is 22.8 Å². The molecule has 16 heteroatoms. The first-order chi connectivity index (χ1) is 17.9. The first-order valence-corrected chi connectivity index (χ1v) is 9.97. The minimum Gasteiger partial charge on any atom is -0.493 e. The van der Waals surface area contributed by atoms with Crippen LogP contribution in [-0.4, -0.2) is 52.5 Å². The van der Waals surface area contributed by atoms with Crippen LogP contribution in [0.15, 0.2) is 33.2 Å². The van der Waals surface area contributed by atoms with E-state index in [9.17, 15) is 45.0 Å². The van der Waals surface area contributed by atoms with Gasteiger partial charge in [-0.05, 0) is 30.7 Å². The lowest BCUT2D eigenvalue weighted by molar-refractivity contribution is -0.137. The van der Waals surface area contributed by atoms with Crippen molar-refractivity contribution in [1.29, 1.82) is 10.5 Å². The number of hydrogen-bond donors (Lipinski definition) is 4. The number of aromatic hydroxyl groups is 1. The van der Waals surface area contributed by atoms with Crippen molar-refractivity contribution < 1.29 is 34.8 Å². The largest absolute Gasteiger partial charge is 0.493 e. The zero-order valence-electron chi connectivity index (χ0n) is 18.9. The number of aromatic carboxylic acids is 2. The highest BCUT2D eigenvalue weighted by atomic mass is 16.4. The normalized spacial score (nSPS) is 10.5. The minimum atomic E-state index is -1.54. The van der Waals surface area contributed by atoms with E-state index >= 15 is 0 Å². The van der Waals surface area contributed by atoms with Gasteiger partial charge in [-0.25, -0.2) is 14.4 Å². The first kappa shape index (κ1) is 26.3. The molecule has 0 saturated carbocycles. The maximum absolute atomic E-state index is 13.0. The smallest absolute Gasteiger partial charge is 0.335 e. The molecule has 0 amide bonds. The molecule has 0 aliphatic rings. The minimum absolute atomic E-state index is 0.187. The fourth-order valence-electron chi connectivity index (χ4n) is 3.31. The van der Waals surface area contributed by atoms with E-state index in [1.165, 1.54) is 6.92 Å². The summed E-state index contributed by atoms with van der Waals surface area (Å²) in [6.07, 6.45) is 0. The monoisotopic (exact) mass is 516 g/mol. The van der Waals surface area contributed by atoms with Gasteiger partial charge in [0, 0.05) is 0 Å². The molecule has 0 spiro atoms. The summed E-state index contributed by atoms with van der Waals surface area (Å²) < 4.78 is 1.22. The number of azo groups is 1. The van der Waals surface area contributed by atoms with E-state index in [2.05, 4.69) is 20.1 Å². The summed E-state index contributed by atoms with van der Waals surface area (Å²) in [5.74, 6) is -5.98. The lowest BCUT2D eigenvalue weighted by Gasteiger charge is -2.14. The number of carboxylic acid groups (broad SMARTS) is 3. The van der Waals surface area contributed by atoms with Crippen LogP contribution in [0, 0.1) is 36.2 Å². The van der Waals surface area contributed by atoms with Gasteiger partial charge in [-0.15, -0.1) is 10.2 Å². The van der Waals surface area contributed by atoms with Crippen molar-refractivity contribution in [1.82, 2.24) is 14.1 Å². The molecule has 0 radical (unpaired) electrons. The van der Waals surface area contributed by atoms with Gasteiger partial charge in [-0.2, -0.15) is 15.5 Å². The SMILES string of the molecule is [C-]#[N+]c1c(C)c(N=Nc2nc(C#N)c(C#N)n2CC(=O)O)c(O)n(-c2cc(C(=O)O)cc(C(=O)O)c2)c1=O. The summed E-state index contributed by atoms with van der Waals surface area (Å²) in [6, 6.07) is 5.83. The second kappa shape index (κ2) is 10.1. The molecule has 0 saturated heterocycles. The Morgan fingerprint density at radius 2 is 1.68 bits per heavy atom. The maximum atomic E-state index is 13.0. The third-order valence-electron chi connectivity index (χ3n) is 5.01. The molecule has 16 nitrogen and oxygen atoms in total. The third kappa shape index (κ3) is 4.61. The van der Waals surface area contributed by atoms with Gasteiger partial charge in [0.2, 0.25) is 5.88 Å². The van der Waals surface area contributed by atoms with Gasteiger partial charge in [-0.1, -0.05) is 0 Å². The second-order valence-corrected chi connectivity index (χ2v) is 7.29. The van der Waals surface area contributed by atoms with Gasteiger partial charge in [0.1, 0.15) is 24.4 Å². The van der Waals surface area contributed by atoms with Crippen LogP contribution in [0.3, 0.4) is 0 Å². The summed E-state index contributed by atoms with van der Waals surface area (Å²) in [5, 5.41) is 64.7. The average molecular weight is 516 g/mol. The van der Waals surface area contributed by atoms with Gasteiger partial charge in [0.25, 0.3) is 17.2 Å². The van der Waals surface area contributed by atoms with Crippen molar-refractivity contribution in [3.63, 3.8) is 0 Å². The van der Waals surface area contributed by atoms with Gasteiger partial charge < -0.3 is 20.4 Å². The van der Waals surface area contributed by atoms with E-state index < -0.39 is 81.4 Å². The topological polar surface area (TPSA) is 249 Å². The Morgan fingerprint density at radius 3 is 2.16 bits per heavy atom. The summed E-state index contributed by atoms with van der Waals surface area (Å²) in [7, 11) is 0. The number of carboxylic acids is 3. The summed E-state index contributed by atoms with van der Waals surface area (Å²) >= 11 is 0. The van der Waals surface area contributed by atoms with Gasteiger partial charge in [0.05, 0.1) is 23.4 Å². The lowest BCUT2D eigenvalue weighted by atomic mass is 10.1. The Bertz CT molecular complexity index is 1730. The fourth-order valence-corrected chi connectivity index (χ4v) is 3.31. The van der Waals surface area contributed by atoms with Gasteiger partial charge >= 0.3 is 17.9 Å². The highest BCUT2D eigenvalue weighted by Crippen LogP contribution is 2.37. The zero-order valence-corrected chi connectivity index (χ0v) is 18.9. The van der Waals surface area contributed by atoms with E-state index in [-0.39, 0.29) is 5.56 Å². The van der Waals surface area contributed by atoms with Crippen LogP contribution in [-0.2, 0) is 11.3 Å². The Labute approximate surface area is 210 Å². The first-order valence-electron chi connectivity index (χ1n) is 9.97. The number of pyridine rings is 1. The van der Waals surface area contributed by atoms with Crippen LogP contribution < -0.4 is 5.56 Å². The van der Waals surface area contributed by atoms with E-state index in [1.54, 1.807) is 12.1 Å². The number of aromatic nitrogens is 3. The quantitative estimate of drug-likeness (QED) is 0.262. The van der Waals surface area contributed by atoms with Crippen LogP contribution in [0.1, 0.15) is 37.7 Å². The highest BCUT2D eigenvalue weighted by Gasteiger charge is 2.24. The molecule has 0 fully saturated rings. The van der Waals surface area contributed by atoms with Crippen LogP contribution in [0.25, 0.3) is 10.5 Å². The van der Waals surface area contributed by atoms with Crippen molar-refractivity contribution in [3.8, 4) is 23.7 Å². The number of hydrogen-bond acceptors (Lipinski definition) is 10. The molecule has 0 bridgehead atoms. The number of imidazole rings is 1. The summed E-state index contributed by atoms with van der Waals surface area (Å²) in [6.45, 7) is 7.78. The fraction of sp³-hybridized carbons (Fsp3) is 0.0909. The van der Waals surface area contributed by atoms with Crippen molar-refractivity contribution in [2.75, 3.05) is 0 Å². The van der Waals surface area contributed by atoms with Crippen molar-refractivity contribution in [2.45, 2.75) is 13.5 Å². The molecule has 0 aliphatic carbocycles. The van der Waals surface area contributed by atoms with E-state index in [0.29, 0.717) is 4.57 Å². The van der Waals surface area contributed by atoms with E-state index in [4.69, 9.17) is 11.7 Å². The number of aliphatic carboxylic acids is 1. The Balaban J connectivity index is 2.34. The maximum Gasteiger partial charge on any atom is 0.335 e. The molecule has 1 aromatic carbocycles. The van der Waals surface area contributed by atoms with Crippen LogP contribution >= 0.6 is 0 Å². The van der Waals surface area contributed by atoms with Crippen molar-refractivity contribution >= 4 is 35.2 Å². The van der Waals surface area contributed by atoms with Crippen molar-refractivity contribution in [3.05, 3.63) is 68.0 Å². The zero-order chi connectivity index (χ0) is 28.3. The van der Waals surface area contributed by atoms with Crippen LogP contribution in [0.5, 0.6) is 5.88 Å². The number of nitriles is 2.